The van der Waals surface area contributed by atoms with Gasteiger partial charge >= 0.3 is 0 Å². The zero-order valence-corrected chi connectivity index (χ0v) is 18.5. The molecule has 3 rings (SSSR count). The maximum absolute atomic E-state index is 13.1. The van der Waals surface area contributed by atoms with Crippen LogP contribution < -0.4 is 14.8 Å². The zero-order chi connectivity index (χ0) is 21.5. The number of piperazine rings is 1. The Morgan fingerprint density at radius 1 is 1.03 bits per heavy atom. The smallest absolute Gasteiger partial charge is 0.254 e. The van der Waals surface area contributed by atoms with E-state index in [-0.39, 0.29) is 17.9 Å². The van der Waals surface area contributed by atoms with Crippen molar-refractivity contribution in [2.75, 3.05) is 46.9 Å². The van der Waals surface area contributed by atoms with Gasteiger partial charge in [-0.3, -0.25) is 14.5 Å². The average Bonchev–Trinajstić information content (AvgIpc) is 3.31. The number of rotatable bonds is 8. The highest BCUT2D eigenvalue weighted by Gasteiger charge is 2.37. The lowest BCUT2D eigenvalue weighted by atomic mass is 9.95. The van der Waals surface area contributed by atoms with E-state index in [0.29, 0.717) is 49.2 Å². The van der Waals surface area contributed by atoms with Crippen molar-refractivity contribution in [2.24, 2.45) is 5.92 Å². The first-order valence-electron chi connectivity index (χ1n) is 11.1. The summed E-state index contributed by atoms with van der Waals surface area (Å²) in [6, 6.07) is 5.18. The van der Waals surface area contributed by atoms with E-state index in [9.17, 15) is 9.59 Å². The van der Waals surface area contributed by atoms with Crippen molar-refractivity contribution in [1.29, 1.82) is 0 Å². The van der Waals surface area contributed by atoms with E-state index in [1.807, 2.05) is 4.90 Å². The molecule has 1 aliphatic heterocycles. The van der Waals surface area contributed by atoms with Crippen LogP contribution in [-0.2, 0) is 4.79 Å². The normalized spacial score (nSPS) is 18.8. The molecule has 0 unspecified atom stereocenters. The minimum atomic E-state index is -0.0757. The van der Waals surface area contributed by atoms with Gasteiger partial charge in [0.25, 0.3) is 5.91 Å². The topological polar surface area (TPSA) is 71.1 Å². The standard InChI is InChI=1S/C23H35N3O4/c1-4-9-24-22(27)21(17-7-5-6-8-17)25-10-12-26(13-11-25)23(28)18-14-19(29-2)16-20(15-18)30-3/h14-17,21H,4-13H2,1-3H3,(H,24,27)/t21-/m0/s1. The van der Waals surface area contributed by atoms with Gasteiger partial charge in [-0.25, -0.2) is 0 Å². The summed E-state index contributed by atoms with van der Waals surface area (Å²) in [5, 5.41) is 3.10. The molecule has 0 bridgehead atoms. The number of nitrogens with one attached hydrogen (secondary N) is 1. The fourth-order valence-electron chi connectivity index (χ4n) is 4.62. The second-order valence-corrected chi connectivity index (χ2v) is 8.21. The molecule has 1 aromatic rings. The van der Waals surface area contributed by atoms with Gasteiger partial charge < -0.3 is 19.7 Å². The SMILES string of the molecule is CCCNC(=O)[C@H](C1CCCC1)N1CCN(C(=O)c2cc(OC)cc(OC)c2)CC1. The lowest BCUT2D eigenvalue weighted by Crippen LogP contribution is -2.58. The summed E-state index contributed by atoms with van der Waals surface area (Å²) in [5.41, 5.74) is 0.563. The second-order valence-electron chi connectivity index (χ2n) is 8.21. The van der Waals surface area contributed by atoms with Crippen molar-refractivity contribution >= 4 is 11.8 Å². The largest absolute Gasteiger partial charge is 0.497 e. The summed E-state index contributed by atoms with van der Waals surface area (Å²) in [5.74, 6) is 1.75. The van der Waals surface area contributed by atoms with Gasteiger partial charge in [0.2, 0.25) is 5.91 Å². The minimum Gasteiger partial charge on any atom is -0.497 e. The highest BCUT2D eigenvalue weighted by Crippen LogP contribution is 2.31. The molecule has 2 amide bonds. The number of methoxy groups -OCH3 is 2. The fourth-order valence-corrected chi connectivity index (χ4v) is 4.62. The highest BCUT2D eigenvalue weighted by atomic mass is 16.5. The van der Waals surface area contributed by atoms with Crippen LogP contribution >= 0.6 is 0 Å². The van der Waals surface area contributed by atoms with Gasteiger partial charge in [-0.05, 0) is 37.3 Å². The maximum Gasteiger partial charge on any atom is 0.254 e. The van der Waals surface area contributed by atoms with Crippen molar-refractivity contribution in [2.45, 2.75) is 45.1 Å². The van der Waals surface area contributed by atoms with Crippen LogP contribution in [0.4, 0.5) is 0 Å². The maximum atomic E-state index is 13.1. The monoisotopic (exact) mass is 417 g/mol. The third-order valence-corrected chi connectivity index (χ3v) is 6.26. The molecule has 7 nitrogen and oxygen atoms in total. The first kappa shape index (κ1) is 22.4. The number of carbonyl (C=O) groups excluding carboxylic acids is 2. The first-order chi connectivity index (χ1) is 14.6. The van der Waals surface area contributed by atoms with Gasteiger partial charge in [-0.1, -0.05) is 19.8 Å². The fraction of sp³-hybridized carbons (Fsp3) is 0.652. The third-order valence-electron chi connectivity index (χ3n) is 6.26. The number of amides is 2. The molecule has 1 heterocycles. The summed E-state index contributed by atoms with van der Waals surface area (Å²) < 4.78 is 10.6. The lowest BCUT2D eigenvalue weighted by molar-refractivity contribution is -0.129. The molecule has 1 atom stereocenters. The Kier molecular flexibility index (Phi) is 7.96. The minimum absolute atomic E-state index is 0.0281. The van der Waals surface area contributed by atoms with Crippen LogP contribution in [-0.4, -0.2) is 74.6 Å². The molecule has 30 heavy (non-hydrogen) atoms. The van der Waals surface area contributed by atoms with E-state index in [1.54, 1.807) is 32.4 Å². The van der Waals surface area contributed by atoms with E-state index in [0.717, 1.165) is 25.8 Å². The summed E-state index contributed by atoms with van der Waals surface area (Å²) >= 11 is 0. The van der Waals surface area contributed by atoms with Crippen LogP contribution in [0.5, 0.6) is 11.5 Å². The number of benzene rings is 1. The van der Waals surface area contributed by atoms with Gasteiger partial charge in [-0.2, -0.15) is 0 Å². The number of ether oxygens (including phenoxy) is 2. The van der Waals surface area contributed by atoms with Crippen molar-refractivity contribution in [3.63, 3.8) is 0 Å². The molecule has 1 saturated carbocycles. The Labute approximate surface area is 179 Å². The number of nitrogens with zero attached hydrogens (tertiary/aromatic N) is 2. The average molecular weight is 418 g/mol. The van der Waals surface area contributed by atoms with Crippen LogP contribution in [0.2, 0.25) is 0 Å². The van der Waals surface area contributed by atoms with E-state index in [4.69, 9.17) is 9.47 Å². The predicted octanol–water partition coefficient (Wildman–Crippen LogP) is 2.55. The number of hydrogen-bond acceptors (Lipinski definition) is 5. The molecule has 7 heteroatoms. The lowest BCUT2D eigenvalue weighted by Gasteiger charge is -2.40. The van der Waals surface area contributed by atoms with E-state index in [2.05, 4.69) is 17.1 Å². The summed E-state index contributed by atoms with van der Waals surface area (Å²) in [4.78, 5) is 30.1. The van der Waals surface area contributed by atoms with Gasteiger partial charge in [-0.15, -0.1) is 0 Å². The van der Waals surface area contributed by atoms with Gasteiger partial charge in [0, 0.05) is 44.4 Å². The van der Waals surface area contributed by atoms with E-state index < -0.39 is 0 Å². The van der Waals surface area contributed by atoms with Crippen LogP contribution in [0, 0.1) is 5.92 Å². The van der Waals surface area contributed by atoms with Gasteiger partial charge in [0.05, 0.1) is 20.3 Å². The van der Waals surface area contributed by atoms with Crippen molar-refractivity contribution in [1.82, 2.24) is 15.1 Å². The molecular weight excluding hydrogens is 382 g/mol. The third kappa shape index (κ3) is 5.25. The molecule has 166 valence electrons. The van der Waals surface area contributed by atoms with Gasteiger partial charge in [0.1, 0.15) is 11.5 Å². The number of carbonyl (C=O) groups is 2. The molecule has 0 radical (unpaired) electrons. The number of hydrogen-bond donors (Lipinski definition) is 1. The predicted molar refractivity (Wildman–Crippen MR) is 116 cm³/mol. The van der Waals surface area contributed by atoms with Crippen molar-refractivity contribution in [3.05, 3.63) is 23.8 Å². The van der Waals surface area contributed by atoms with Gasteiger partial charge in [0.15, 0.2) is 0 Å². The van der Waals surface area contributed by atoms with E-state index >= 15 is 0 Å². The Morgan fingerprint density at radius 2 is 1.63 bits per heavy atom. The molecule has 1 N–H and O–H groups in total. The molecule has 1 aromatic carbocycles. The zero-order valence-electron chi connectivity index (χ0n) is 18.5. The highest BCUT2D eigenvalue weighted by molar-refractivity contribution is 5.95. The van der Waals surface area contributed by atoms with Crippen LogP contribution in [0.3, 0.4) is 0 Å². The molecule has 1 saturated heterocycles. The Balaban J connectivity index is 1.66. The van der Waals surface area contributed by atoms with Crippen molar-refractivity contribution in [3.8, 4) is 11.5 Å². The molecule has 2 fully saturated rings. The van der Waals surface area contributed by atoms with Crippen molar-refractivity contribution < 1.29 is 19.1 Å². The Morgan fingerprint density at radius 3 is 2.17 bits per heavy atom. The Hall–Kier alpha value is -2.28. The molecule has 0 spiro atoms. The first-order valence-corrected chi connectivity index (χ1v) is 11.1. The summed E-state index contributed by atoms with van der Waals surface area (Å²) in [7, 11) is 3.16. The van der Waals surface area contributed by atoms with Crippen LogP contribution in [0.15, 0.2) is 18.2 Å². The quantitative estimate of drug-likeness (QED) is 0.704. The molecule has 1 aliphatic carbocycles. The van der Waals surface area contributed by atoms with E-state index in [1.165, 1.54) is 12.8 Å². The molecule has 0 aromatic heterocycles. The summed E-state index contributed by atoms with van der Waals surface area (Å²) in [6.45, 7) is 5.45. The van der Waals surface area contributed by atoms with Crippen LogP contribution in [0.1, 0.15) is 49.4 Å². The summed E-state index contributed by atoms with van der Waals surface area (Å²) in [6.07, 6.45) is 5.59. The van der Waals surface area contributed by atoms with Crippen LogP contribution in [0.25, 0.3) is 0 Å². The second kappa shape index (κ2) is 10.7. The molecule has 2 aliphatic rings. The molecular formula is C23H35N3O4. The Bertz CT molecular complexity index is 703.